The van der Waals surface area contributed by atoms with Crippen molar-refractivity contribution in [3.05, 3.63) is 29.8 Å². The average Bonchev–Trinajstić information content (AvgIpc) is 3.54. The zero-order chi connectivity index (χ0) is 24.6. The number of carboxylic acid groups (broad SMARTS) is 2. The Hall–Kier alpha value is -3.47. The van der Waals surface area contributed by atoms with Crippen molar-refractivity contribution in [3.63, 3.8) is 0 Å². The summed E-state index contributed by atoms with van der Waals surface area (Å²) in [5.41, 5.74) is 1.75. The highest BCUT2D eigenvalue weighted by Gasteiger charge is 2.26. The summed E-state index contributed by atoms with van der Waals surface area (Å²) in [5, 5.41) is 22.5. The first-order chi connectivity index (χ1) is 15.8. The van der Waals surface area contributed by atoms with Gasteiger partial charge in [-0.2, -0.15) is 0 Å². The lowest BCUT2D eigenvalue weighted by molar-refractivity contribution is -0.128. The lowest BCUT2D eigenvalue weighted by Crippen LogP contribution is -2.48. The number of nitrogens with zero attached hydrogens (tertiary/aromatic N) is 1. The highest BCUT2D eigenvalue weighted by Crippen LogP contribution is 2.18. The molecular weight excluding hydrogens is 432 g/mol. The molecule has 1 saturated carbocycles. The zero-order valence-electron chi connectivity index (χ0n) is 18.7. The van der Waals surface area contributed by atoms with E-state index in [4.69, 9.17) is 19.8 Å². The molecule has 0 atom stereocenters. The number of piperidine rings is 1. The molecule has 1 aromatic rings. The van der Waals surface area contributed by atoms with E-state index in [1.807, 2.05) is 25.1 Å². The highest BCUT2D eigenvalue weighted by atomic mass is 16.3. The number of hydrogen-bond acceptors (Lipinski definition) is 6. The van der Waals surface area contributed by atoms with E-state index < -0.39 is 0 Å². The van der Waals surface area contributed by atoms with Crippen molar-refractivity contribution >= 4 is 36.4 Å². The van der Waals surface area contributed by atoms with Gasteiger partial charge in [0.1, 0.15) is 6.42 Å². The summed E-state index contributed by atoms with van der Waals surface area (Å²) in [7, 11) is 0. The Bertz CT molecular complexity index is 785. The number of hydrogen-bond donors (Lipinski definition) is 5. The molecule has 0 aromatic heterocycles. The van der Waals surface area contributed by atoms with Crippen LogP contribution in [0.4, 0.5) is 5.69 Å². The first-order valence-electron chi connectivity index (χ1n) is 10.6. The SMILES string of the molecule is Cc1cccc(NC(=O)CC(=O)NC2CCN(CC(=O)NC3CC3)CC2)c1.O=CO.O=CO. The van der Waals surface area contributed by atoms with Crippen molar-refractivity contribution in [3.8, 4) is 0 Å². The molecule has 0 spiro atoms. The maximum Gasteiger partial charge on any atom is 0.290 e. The van der Waals surface area contributed by atoms with Crippen LogP contribution in [0.15, 0.2) is 24.3 Å². The molecule has 3 amide bonds. The van der Waals surface area contributed by atoms with Gasteiger partial charge < -0.3 is 26.2 Å². The van der Waals surface area contributed by atoms with E-state index in [1.54, 1.807) is 6.07 Å². The van der Waals surface area contributed by atoms with Crippen molar-refractivity contribution in [2.45, 2.75) is 51.1 Å². The third-order valence-electron chi connectivity index (χ3n) is 4.89. The van der Waals surface area contributed by atoms with Gasteiger partial charge in [-0.15, -0.1) is 0 Å². The molecule has 0 bridgehead atoms. The van der Waals surface area contributed by atoms with E-state index in [1.165, 1.54) is 0 Å². The number of likely N-dealkylation sites (tertiary alicyclic amines) is 1. The summed E-state index contributed by atoms with van der Waals surface area (Å²) in [6, 6.07) is 7.93. The Morgan fingerprint density at radius 3 is 2.03 bits per heavy atom. The summed E-state index contributed by atoms with van der Waals surface area (Å²) in [4.78, 5) is 54.8. The minimum absolute atomic E-state index is 0.0620. The molecule has 2 aliphatic rings. The van der Waals surface area contributed by atoms with Gasteiger partial charge in [0, 0.05) is 30.9 Å². The first-order valence-corrected chi connectivity index (χ1v) is 10.6. The van der Waals surface area contributed by atoms with E-state index in [9.17, 15) is 14.4 Å². The normalized spacial score (nSPS) is 15.4. The molecule has 1 aromatic carbocycles. The molecule has 0 radical (unpaired) electrons. The Balaban J connectivity index is 0.000000819. The molecule has 1 heterocycles. The second-order valence-electron chi connectivity index (χ2n) is 7.76. The fraction of sp³-hybridized carbons (Fsp3) is 0.500. The van der Waals surface area contributed by atoms with Crippen LogP contribution in [-0.2, 0) is 24.0 Å². The van der Waals surface area contributed by atoms with Crippen LogP contribution in [0, 0.1) is 6.92 Å². The van der Waals surface area contributed by atoms with Crippen molar-refractivity contribution in [1.29, 1.82) is 0 Å². The first kappa shape index (κ1) is 27.6. The predicted molar refractivity (Wildman–Crippen MR) is 121 cm³/mol. The van der Waals surface area contributed by atoms with Crippen LogP contribution in [0.5, 0.6) is 0 Å². The summed E-state index contributed by atoms with van der Waals surface area (Å²) < 4.78 is 0. The molecule has 2 fully saturated rings. The van der Waals surface area contributed by atoms with Crippen molar-refractivity contribution in [2.75, 3.05) is 25.0 Å². The van der Waals surface area contributed by atoms with Gasteiger partial charge in [0.15, 0.2) is 0 Å². The summed E-state index contributed by atoms with van der Waals surface area (Å²) in [6.07, 6.45) is 3.59. The van der Waals surface area contributed by atoms with Crippen LogP contribution in [0.2, 0.25) is 0 Å². The van der Waals surface area contributed by atoms with Crippen LogP contribution in [0.1, 0.15) is 37.7 Å². The second-order valence-corrected chi connectivity index (χ2v) is 7.76. The van der Waals surface area contributed by atoms with E-state index >= 15 is 0 Å². The predicted octanol–water partition coefficient (Wildman–Crippen LogP) is 0.584. The molecule has 11 heteroatoms. The topological polar surface area (TPSA) is 165 Å². The van der Waals surface area contributed by atoms with Gasteiger partial charge in [-0.25, -0.2) is 0 Å². The van der Waals surface area contributed by atoms with Gasteiger partial charge in [-0.3, -0.25) is 28.9 Å². The smallest absolute Gasteiger partial charge is 0.290 e. The second kappa shape index (κ2) is 15.4. The van der Waals surface area contributed by atoms with Crippen LogP contribution in [0.25, 0.3) is 0 Å². The molecule has 33 heavy (non-hydrogen) atoms. The third kappa shape index (κ3) is 12.9. The van der Waals surface area contributed by atoms with Crippen molar-refractivity contribution in [2.24, 2.45) is 0 Å². The van der Waals surface area contributed by atoms with Crippen LogP contribution in [-0.4, -0.2) is 77.5 Å². The fourth-order valence-electron chi connectivity index (χ4n) is 3.29. The Morgan fingerprint density at radius 2 is 1.48 bits per heavy atom. The third-order valence-corrected chi connectivity index (χ3v) is 4.89. The number of aryl methyl sites for hydroxylation is 1. The molecular formula is C22H32N4O7. The highest BCUT2D eigenvalue weighted by molar-refractivity contribution is 6.03. The van der Waals surface area contributed by atoms with Crippen molar-refractivity contribution in [1.82, 2.24) is 15.5 Å². The van der Waals surface area contributed by atoms with E-state index in [2.05, 4.69) is 20.9 Å². The summed E-state index contributed by atoms with van der Waals surface area (Å²) in [5.74, 6) is -0.481. The van der Waals surface area contributed by atoms with Gasteiger partial charge in [-0.1, -0.05) is 12.1 Å². The molecule has 1 saturated heterocycles. The Kier molecular flexibility index (Phi) is 12.8. The number of carbonyl (C=O) groups is 5. The summed E-state index contributed by atoms with van der Waals surface area (Å²) >= 11 is 0. The minimum atomic E-state index is -0.313. The van der Waals surface area contributed by atoms with Gasteiger partial charge in [0.2, 0.25) is 17.7 Å². The average molecular weight is 465 g/mol. The van der Waals surface area contributed by atoms with E-state index in [0.717, 1.165) is 44.3 Å². The quantitative estimate of drug-likeness (QED) is 0.289. The monoisotopic (exact) mass is 464 g/mol. The largest absolute Gasteiger partial charge is 0.483 e. The molecule has 1 aliphatic heterocycles. The molecule has 5 N–H and O–H groups in total. The number of amides is 3. The molecule has 0 unspecified atom stereocenters. The maximum absolute atomic E-state index is 12.1. The fourth-order valence-corrected chi connectivity index (χ4v) is 3.29. The Morgan fingerprint density at radius 1 is 0.939 bits per heavy atom. The Labute approximate surface area is 192 Å². The van der Waals surface area contributed by atoms with E-state index in [-0.39, 0.29) is 43.1 Å². The molecule has 11 nitrogen and oxygen atoms in total. The zero-order valence-corrected chi connectivity index (χ0v) is 18.7. The number of rotatable bonds is 7. The van der Waals surface area contributed by atoms with Gasteiger partial charge in [0.25, 0.3) is 12.9 Å². The standard InChI is InChI=1S/C20H28N4O3.2CH2O2/c1-14-3-2-4-17(11-14)23-19(26)12-18(25)21-16-7-9-24(10-8-16)13-20(27)22-15-5-6-15;2*2-1-3/h2-4,11,15-16H,5-10,12-13H2,1H3,(H,21,25)(H,22,27)(H,23,26);2*1H,(H,2,3). The van der Waals surface area contributed by atoms with E-state index in [0.29, 0.717) is 18.3 Å². The molecule has 3 rings (SSSR count). The number of anilines is 1. The van der Waals surface area contributed by atoms with Crippen LogP contribution < -0.4 is 16.0 Å². The lowest BCUT2D eigenvalue weighted by Gasteiger charge is -2.31. The van der Waals surface area contributed by atoms with Crippen molar-refractivity contribution < 1.29 is 34.2 Å². The maximum atomic E-state index is 12.1. The molecule has 1 aliphatic carbocycles. The van der Waals surface area contributed by atoms with Gasteiger partial charge >= 0.3 is 0 Å². The summed E-state index contributed by atoms with van der Waals surface area (Å²) in [6.45, 7) is 3.43. The van der Waals surface area contributed by atoms with Gasteiger partial charge in [-0.05, 0) is 50.3 Å². The molecule has 182 valence electrons. The van der Waals surface area contributed by atoms with Crippen LogP contribution >= 0.6 is 0 Å². The number of carbonyl (C=O) groups excluding carboxylic acids is 3. The number of benzene rings is 1. The minimum Gasteiger partial charge on any atom is -0.483 e. The number of nitrogens with one attached hydrogen (secondary N) is 3. The lowest BCUT2D eigenvalue weighted by atomic mass is 10.0. The van der Waals surface area contributed by atoms with Crippen LogP contribution in [0.3, 0.4) is 0 Å². The van der Waals surface area contributed by atoms with Gasteiger partial charge in [0.05, 0.1) is 6.54 Å².